The number of carboxylic acids is 3. The van der Waals surface area contributed by atoms with Crippen LogP contribution in [-0.2, 0) is 28.8 Å². The van der Waals surface area contributed by atoms with Gasteiger partial charge in [0.2, 0.25) is 17.7 Å². The zero-order chi connectivity index (χ0) is 21.1. The van der Waals surface area contributed by atoms with Crippen molar-refractivity contribution in [3.05, 3.63) is 0 Å². The molecular weight excluding hydrogens is 368 g/mol. The first-order valence-electron chi connectivity index (χ1n) is 7.74. The largest absolute Gasteiger partial charge is 0.481 e. The Kier molecular flexibility index (Phi) is 10.0. The van der Waals surface area contributed by atoms with Crippen LogP contribution in [0.5, 0.6) is 0 Å². The third-order valence-electron chi connectivity index (χ3n) is 3.22. The summed E-state index contributed by atoms with van der Waals surface area (Å²) in [5, 5.41) is 32.6. The average molecular weight is 390 g/mol. The fraction of sp³-hybridized carbons (Fsp3) is 0.571. The van der Waals surface area contributed by atoms with Crippen molar-refractivity contribution in [1.82, 2.24) is 16.0 Å². The van der Waals surface area contributed by atoms with Gasteiger partial charge in [0.25, 0.3) is 0 Å². The molecule has 0 aliphatic rings. The molecule has 0 bridgehead atoms. The molecule has 0 fully saturated rings. The summed E-state index contributed by atoms with van der Waals surface area (Å²) in [7, 11) is 0. The molecule has 0 saturated carbocycles. The average Bonchev–Trinajstić information content (AvgIpc) is 2.56. The van der Waals surface area contributed by atoms with Gasteiger partial charge in [0, 0.05) is 6.42 Å². The Balaban J connectivity index is 5.24. The van der Waals surface area contributed by atoms with Crippen molar-refractivity contribution in [3.63, 3.8) is 0 Å². The molecule has 0 aliphatic heterocycles. The summed E-state index contributed by atoms with van der Waals surface area (Å²) in [6.07, 6.45) is -1.69. The van der Waals surface area contributed by atoms with Crippen LogP contribution in [0, 0.1) is 0 Å². The topological polar surface area (TPSA) is 225 Å². The zero-order valence-corrected chi connectivity index (χ0v) is 14.4. The van der Waals surface area contributed by atoms with Crippen LogP contribution >= 0.6 is 0 Å². The van der Waals surface area contributed by atoms with Crippen LogP contribution in [0.1, 0.15) is 26.2 Å². The Morgan fingerprint density at radius 2 is 1.41 bits per heavy atom. The third-order valence-corrected chi connectivity index (χ3v) is 3.22. The Morgan fingerprint density at radius 3 is 1.85 bits per heavy atom. The smallest absolute Gasteiger partial charge is 0.325 e. The summed E-state index contributed by atoms with van der Waals surface area (Å²) in [6, 6.07) is -4.36. The monoisotopic (exact) mass is 390 g/mol. The number of carbonyl (C=O) groups is 6. The molecule has 0 heterocycles. The van der Waals surface area contributed by atoms with Crippen LogP contribution in [0.25, 0.3) is 0 Å². The number of rotatable bonds is 12. The molecule has 0 rings (SSSR count). The first-order valence-corrected chi connectivity index (χ1v) is 7.74. The molecule has 13 heteroatoms. The molecule has 13 nitrogen and oxygen atoms in total. The summed E-state index contributed by atoms with van der Waals surface area (Å²) in [6.45, 7) is 0.656. The van der Waals surface area contributed by atoms with Gasteiger partial charge in [-0.2, -0.15) is 0 Å². The number of amides is 3. The standard InChI is InChI=1S/C14H22N4O9/c1-6(14(26)27)16-13(25)8(4-11(22)23)18-12(24)7(2-3-10(20)21)17-9(19)5-15/h6-8H,2-5,15H2,1H3,(H,16,25)(H,17,19)(H,18,24)(H,20,21)(H,22,23)(H,26,27). The van der Waals surface area contributed by atoms with Gasteiger partial charge >= 0.3 is 17.9 Å². The van der Waals surface area contributed by atoms with Gasteiger partial charge in [0.1, 0.15) is 18.1 Å². The highest BCUT2D eigenvalue weighted by molar-refractivity contribution is 5.95. The number of aliphatic carboxylic acids is 3. The van der Waals surface area contributed by atoms with E-state index in [0.717, 1.165) is 6.92 Å². The van der Waals surface area contributed by atoms with E-state index in [4.69, 9.17) is 21.1 Å². The van der Waals surface area contributed by atoms with Crippen molar-refractivity contribution in [3.8, 4) is 0 Å². The van der Waals surface area contributed by atoms with Crippen molar-refractivity contribution >= 4 is 35.6 Å². The van der Waals surface area contributed by atoms with Gasteiger partial charge in [-0.3, -0.25) is 28.8 Å². The third kappa shape index (κ3) is 9.74. The minimum absolute atomic E-state index is 0.333. The highest BCUT2D eigenvalue weighted by atomic mass is 16.4. The van der Waals surface area contributed by atoms with Crippen LogP contribution in [0.4, 0.5) is 0 Å². The lowest BCUT2D eigenvalue weighted by atomic mass is 10.1. The molecule has 152 valence electrons. The van der Waals surface area contributed by atoms with Gasteiger partial charge in [-0.25, -0.2) is 0 Å². The Bertz CT molecular complexity index is 607. The van der Waals surface area contributed by atoms with Crippen molar-refractivity contribution in [2.24, 2.45) is 5.73 Å². The Hall–Kier alpha value is -3.22. The molecule has 0 radical (unpaired) electrons. The summed E-state index contributed by atoms with van der Waals surface area (Å²) in [5.74, 6) is -6.92. The molecule has 3 atom stereocenters. The van der Waals surface area contributed by atoms with Gasteiger partial charge in [-0.1, -0.05) is 0 Å². The second kappa shape index (κ2) is 11.4. The molecule has 3 amide bonds. The van der Waals surface area contributed by atoms with E-state index in [-0.39, 0.29) is 6.42 Å². The molecule has 0 aromatic carbocycles. The van der Waals surface area contributed by atoms with Crippen molar-refractivity contribution in [2.45, 2.75) is 44.3 Å². The highest BCUT2D eigenvalue weighted by Crippen LogP contribution is 2.02. The van der Waals surface area contributed by atoms with E-state index in [2.05, 4.69) is 10.6 Å². The van der Waals surface area contributed by atoms with Crippen molar-refractivity contribution in [1.29, 1.82) is 0 Å². The van der Waals surface area contributed by atoms with E-state index in [1.54, 1.807) is 0 Å². The normalized spacial score (nSPS) is 13.6. The summed E-state index contributed by atoms with van der Waals surface area (Å²) in [5.41, 5.74) is 5.12. The van der Waals surface area contributed by atoms with Crippen LogP contribution in [0.3, 0.4) is 0 Å². The molecule has 8 N–H and O–H groups in total. The maximum atomic E-state index is 12.3. The molecular formula is C14H22N4O9. The minimum Gasteiger partial charge on any atom is -0.481 e. The predicted octanol–water partition coefficient (Wildman–Crippen LogP) is -3.16. The van der Waals surface area contributed by atoms with Gasteiger partial charge in [0.05, 0.1) is 13.0 Å². The van der Waals surface area contributed by atoms with E-state index >= 15 is 0 Å². The van der Waals surface area contributed by atoms with E-state index in [1.165, 1.54) is 0 Å². The number of carboxylic acid groups (broad SMARTS) is 3. The minimum atomic E-state index is -1.64. The molecule has 0 aromatic heterocycles. The molecule has 0 spiro atoms. The summed E-state index contributed by atoms with van der Waals surface area (Å²) < 4.78 is 0. The Morgan fingerprint density at radius 1 is 0.852 bits per heavy atom. The number of hydrogen-bond donors (Lipinski definition) is 7. The number of hydrogen-bond acceptors (Lipinski definition) is 7. The van der Waals surface area contributed by atoms with E-state index in [9.17, 15) is 28.8 Å². The lowest BCUT2D eigenvalue weighted by Gasteiger charge is -2.22. The maximum Gasteiger partial charge on any atom is 0.325 e. The second-order valence-electron chi connectivity index (χ2n) is 5.48. The molecule has 27 heavy (non-hydrogen) atoms. The quantitative estimate of drug-likeness (QED) is 0.177. The zero-order valence-electron chi connectivity index (χ0n) is 14.4. The summed E-state index contributed by atoms with van der Waals surface area (Å²) in [4.78, 5) is 68.1. The maximum absolute atomic E-state index is 12.3. The molecule has 0 aliphatic carbocycles. The van der Waals surface area contributed by atoms with Crippen LogP contribution in [0.2, 0.25) is 0 Å². The van der Waals surface area contributed by atoms with Crippen LogP contribution in [-0.4, -0.2) is 75.6 Å². The van der Waals surface area contributed by atoms with Crippen molar-refractivity contribution in [2.75, 3.05) is 6.54 Å². The van der Waals surface area contributed by atoms with Crippen LogP contribution < -0.4 is 21.7 Å². The van der Waals surface area contributed by atoms with Gasteiger partial charge in [-0.05, 0) is 13.3 Å². The first-order chi connectivity index (χ1) is 12.5. The van der Waals surface area contributed by atoms with Crippen molar-refractivity contribution < 1.29 is 44.1 Å². The molecule has 0 aromatic rings. The van der Waals surface area contributed by atoms with E-state index < -0.39 is 73.1 Å². The fourth-order valence-corrected chi connectivity index (χ4v) is 1.82. The number of nitrogens with one attached hydrogen (secondary N) is 3. The fourth-order valence-electron chi connectivity index (χ4n) is 1.82. The SMILES string of the molecule is CC(NC(=O)C(CC(=O)O)NC(=O)C(CCC(=O)O)NC(=O)CN)C(=O)O. The molecule has 0 saturated heterocycles. The second-order valence-corrected chi connectivity index (χ2v) is 5.48. The van der Waals surface area contributed by atoms with E-state index in [0.29, 0.717) is 0 Å². The van der Waals surface area contributed by atoms with Crippen LogP contribution in [0.15, 0.2) is 0 Å². The summed E-state index contributed by atoms with van der Waals surface area (Å²) >= 11 is 0. The predicted molar refractivity (Wildman–Crippen MR) is 87.3 cm³/mol. The number of nitrogens with two attached hydrogens (primary N) is 1. The van der Waals surface area contributed by atoms with Gasteiger partial charge < -0.3 is 37.0 Å². The molecule has 3 unspecified atom stereocenters. The van der Waals surface area contributed by atoms with E-state index in [1.807, 2.05) is 5.32 Å². The first kappa shape index (κ1) is 23.8. The highest BCUT2D eigenvalue weighted by Gasteiger charge is 2.30. The lowest BCUT2D eigenvalue weighted by Crippen LogP contribution is -2.56. The Labute approximate surface area is 153 Å². The number of carbonyl (C=O) groups excluding carboxylic acids is 3. The van der Waals surface area contributed by atoms with Gasteiger partial charge in [-0.15, -0.1) is 0 Å². The van der Waals surface area contributed by atoms with Gasteiger partial charge in [0.15, 0.2) is 0 Å². The lowest BCUT2D eigenvalue weighted by molar-refractivity contribution is -0.143.